The van der Waals surface area contributed by atoms with E-state index in [0.29, 0.717) is 5.56 Å². The Hall–Kier alpha value is -1.25. The number of halogens is 2. The van der Waals surface area contributed by atoms with Crippen molar-refractivity contribution in [3.05, 3.63) is 48.0 Å². The lowest BCUT2D eigenvalue weighted by Crippen LogP contribution is -2.11. The zero-order chi connectivity index (χ0) is 9.26. The molecule has 0 unspecified atom stereocenters. The molecule has 2 aromatic rings. The molecular weight excluding hydrogens is 233 g/mol. The van der Waals surface area contributed by atoms with Gasteiger partial charge in [-0.15, -0.1) is 24.8 Å². The molecule has 2 aromatic carbocycles. The van der Waals surface area contributed by atoms with Gasteiger partial charge in [0.1, 0.15) is 0 Å². The molecule has 1 amide bonds. The van der Waals surface area contributed by atoms with Gasteiger partial charge in [-0.25, -0.2) is 0 Å². The molecule has 0 aliphatic carbocycles. The van der Waals surface area contributed by atoms with Crippen LogP contribution in [0.5, 0.6) is 0 Å². The molecule has 0 heterocycles. The Balaban J connectivity index is 0.000000980. The fourth-order valence-corrected chi connectivity index (χ4v) is 1.37. The average Bonchev–Trinajstić information content (AvgIpc) is 2.17. The first-order valence-corrected chi connectivity index (χ1v) is 3.98. The zero-order valence-corrected chi connectivity index (χ0v) is 9.40. The topological polar surface area (TPSA) is 43.1 Å². The summed E-state index contributed by atoms with van der Waals surface area (Å²) in [6.45, 7) is 0. The van der Waals surface area contributed by atoms with Crippen molar-refractivity contribution in [1.82, 2.24) is 0 Å². The largest absolute Gasteiger partial charge is 0.366 e. The molecule has 2 rings (SSSR count). The number of fused-ring (bicyclic) bond motifs is 1. The maximum atomic E-state index is 11.0. The monoisotopic (exact) mass is 242 g/mol. The second-order valence-electron chi connectivity index (χ2n) is 2.80. The highest BCUT2D eigenvalue weighted by Gasteiger charge is 2.04. The van der Waals surface area contributed by atoms with Crippen molar-refractivity contribution >= 4 is 41.5 Å². The van der Waals surface area contributed by atoms with Gasteiger partial charge in [-0.1, -0.05) is 36.4 Å². The fraction of sp³-hybridized carbons (Fsp3) is 0. The Labute approximate surface area is 100 Å². The van der Waals surface area contributed by atoms with Crippen LogP contribution in [0.3, 0.4) is 0 Å². The third kappa shape index (κ3) is 2.61. The number of carbonyl (C=O) groups excluding carboxylic acids is 1. The molecule has 0 atom stereocenters. The van der Waals surface area contributed by atoms with Crippen LogP contribution < -0.4 is 5.73 Å². The van der Waals surface area contributed by atoms with E-state index in [-0.39, 0.29) is 24.8 Å². The molecule has 0 aliphatic heterocycles. The quantitative estimate of drug-likeness (QED) is 0.821. The summed E-state index contributed by atoms with van der Waals surface area (Å²) in [5.41, 5.74) is 5.67. The smallest absolute Gasteiger partial charge is 0.249 e. The van der Waals surface area contributed by atoms with Crippen LogP contribution in [-0.2, 0) is 0 Å². The maximum absolute atomic E-state index is 11.0. The minimum atomic E-state index is -0.434. The predicted octanol–water partition coefficient (Wildman–Crippen LogP) is 2.58. The van der Waals surface area contributed by atoms with Crippen LogP contribution in [0.25, 0.3) is 10.8 Å². The van der Waals surface area contributed by atoms with E-state index in [4.69, 9.17) is 5.73 Å². The fourth-order valence-electron chi connectivity index (χ4n) is 1.37. The van der Waals surface area contributed by atoms with Gasteiger partial charge in [0.15, 0.2) is 0 Å². The molecule has 1 radical (unpaired) electrons. The van der Waals surface area contributed by atoms with Crippen molar-refractivity contribution in [3.63, 3.8) is 0 Å². The summed E-state index contributed by atoms with van der Waals surface area (Å²) in [5, 5.41) is 1.87. The van der Waals surface area contributed by atoms with Gasteiger partial charge in [0, 0.05) is 0 Å². The number of nitrogens with two attached hydrogens (primary N) is 1. The van der Waals surface area contributed by atoms with E-state index in [0.717, 1.165) is 10.8 Å². The first kappa shape index (κ1) is 13.8. The van der Waals surface area contributed by atoms with E-state index in [1.54, 1.807) is 6.07 Å². The average molecular weight is 243 g/mol. The summed E-state index contributed by atoms with van der Waals surface area (Å²) in [6, 6.07) is 14.1. The molecule has 0 saturated heterocycles. The van der Waals surface area contributed by atoms with Gasteiger partial charge in [0.05, 0.1) is 5.56 Å². The number of primary amides is 1. The Morgan fingerprint density at radius 1 is 1.13 bits per heavy atom. The number of hydrogen-bond donors (Lipinski definition) is 1. The normalized spacial score (nSPS) is 8.80. The van der Waals surface area contributed by atoms with Gasteiger partial charge in [-0.05, 0) is 16.8 Å². The first-order chi connectivity index (χ1) is 6.29. The van der Waals surface area contributed by atoms with Crippen LogP contribution in [0.15, 0.2) is 36.4 Å². The molecule has 4 heteroatoms. The molecule has 2 N–H and O–H groups in total. The molecule has 15 heavy (non-hydrogen) atoms. The molecule has 0 aliphatic rings. The number of rotatable bonds is 1. The summed E-state index contributed by atoms with van der Waals surface area (Å²) in [4.78, 5) is 11.0. The van der Waals surface area contributed by atoms with Gasteiger partial charge in [0.25, 0.3) is 0 Å². The Bertz CT molecular complexity index is 466. The van der Waals surface area contributed by atoms with Crippen molar-refractivity contribution in [2.75, 3.05) is 0 Å². The van der Waals surface area contributed by atoms with E-state index < -0.39 is 5.91 Å². The lowest BCUT2D eigenvalue weighted by Gasteiger charge is -2.00. The molecular formula is C11H10Cl2NO. The van der Waals surface area contributed by atoms with Crippen LogP contribution in [0.4, 0.5) is 0 Å². The third-order valence-corrected chi connectivity index (χ3v) is 1.97. The van der Waals surface area contributed by atoms with Crippen molar-refractivity contribution in [2.45, 2.75) is 0 Å². The van der Waals surface area contributed by atoms with E-state index in [2.05, 4.69) is 6.07 Å². The van der Waals surface area contributed by atoms with Gasteiger partial charge >= 0.3 is 0 Å². The maximum Gasteiger partial charge on any atom is 0.249 e. The molecule has 0 aromatic heterocycles. The van der Waals surface area contributed by atoms with Crippen LogP contribution in [0.1, 0.15) is 10.4 Å². The lowest BCUT2D eigenvalue weighted by atomic mass is 10.0. The lowest BCUT2D eigenvalue weighted by molar-refractivity contribution is 0.100. The number of amides is 1. The van der Waals surface area contributed by atoms with Crippen LogP contribution in [0, 0.1) is 6.07 Å². The van der Waals surface area contributed by atoms with Crippen molar-refractivity contribution in [2.24, 2.45) is 5.73 Å². The molecule has 0 bridgehead atoms. The van der Waals surface area contributed by atoms with Gasteiger partial charge in [-0.3, -0.25) is 4.79 Å². The second-order valence-corrected chi connectivity index (χ2v) is 2.80. The standard InChI is InChI=1S/C11H8NO.2ClH/c12-11(13)10-7-3-5-8-4-1-2-6-9(8)10;;/h1-6H,(H2,12,13);2*1H. The molecule has 0 fully saturated rings. The first-order valence-electron chi connectivity index (χ1n) is 3.98. The Morgan fingerprint density at radius 3 is 2.47 bits per heavy atom. The molecule has 79 valence electrons. The predicted molar refractivity (Wildman–Crippen MR) is 65.8 cm³/mol. The number of carbonyl (C=O) groups is 1. The SMILES string of the molecule is Cl.Cl.NC(=O)c1[c]ccc2ccccc12. The van der Waals surface area contributed by atoms with Gasteiger partial charge in [0.2, 0.25) is 5.91 Å². The molecule has 0 spiro atoms. The highest BCUT2D eigenvalue weighted by Crippen LogP contribution is 2.16. The van der Waals surface area contributed by atoms with Crippen LogP contribution in [0.2, 0.25) is 0 Å². The number of hydrogen-bond acceptors (Lipinski definition) is 1. The van der Waals surface area contributed by atoms with Crippen LogP contribution >= 0.6 is 24.8 Å². The van der Waals surface area contributed by atoms with Gasteiger partial charge < -0.3 is 5.73 Å². The summed E-state index contributed by atoms with van der Waals surface area (Å²) in [5.74, 6) is -0.434. The zero-order valence-electron chi connectivity index (χ0n) is 7.77. The summed E-state index contributed by atoms with van der Waals surface area (Å²) >= 11 is 0. The summed E-state index contributed by atoms with van der Waals surface area (Å²) in [6.07, 6.45) is 0. The van der Waals surface area contributed by atoms with E-state index >= 15 is 0 Å². The Kier molecular flexibility index (Phi) is 5.12. The van der Waals surface area contributed by atoms with E-state index in [1.165, 1.54) is 0 Å². The van der Waals surface area contributed by atoms with Gasteiger partial charge in [-0.2, -0.15) is 0 Å². The minimum Gasteiger partial charge on any atom is -0.366 e. The highest BCUT2D eigenvalue weighted by atomic mass is 35.5. The number of benzene rings is 2. The Morgan fingerprint density at radius 2 is 1.80 bits per heavy atom. The second kappa shape index (κ2) is 5.59. The minimum absolute atomic E-state index is 0. The van der Waals surface area contributed by atoms with Crippen molar-refractivity contribution in [1.29, 1.82) is 0 Å². The summed E-state index contributed by atoms with van der Waals surface area (Å²) in [7, 11) is 0. The van der Waals surface area contributed by atoms with Crippen molar-refractivity contribution in [3.8, 4) is 0 Å². The van der Waals surface area contributed by atoms with Crippen molar-refractivity contribution < 1.29 is 4.79 Å². The molecule has 2 nitrogen and oxygen atoms in total. The van der Waals surface area contributed by atoms with Crippen LogP contribution in [-0.4, -0.2) is 5.91 Å². The van der Waals surface area contributed by atoms with E-state index in [9.17, 15) is 4.79 Å². The van der Waals surface area contributed by atoms with E-state index in [1.807, 2.05) is 30.3 Å². The third-order valence-electron chi connectivity index (χ3n) is 1.97. The highest BCUT2D eigenvalue weighted by molar-refractivity contribution is 6.05. The summed E-state index contributed by atoms with van der Waals surface area (Å²) < 4.78 is 0. The molecule has 0 saturated carbocycles.